The first kappa shape index (κ1) is 10.5. The zero-order chi connectivity index (χ0) is 9.84. The zero-order valence-corrected chi connectivity index (χ0v) is 8.18. The normalized spacial score (nSPS) is 12.9. The third-order valence-corrected chi connectivity index (χ3v) is 2.15. The fourth-order valence-electron chi connectivity index (χ4n) is 1.11. The van der Waals surface area contributed by atoms with E-state index in [4.69, 9.17) is 16.7 Å². The molecule has 0 aliphatic heterocycles. The Kier molecular flexibility index (Phi) is 3.70. The maximum Gasteiger partial charge on any atom is 0.144 e. The molecule has 1 rings (SSSR count). The van der Waals surface area contributed by atoms with Crippen LogP contribution in [0.5, 0.6) is 0 Å². The van der Waals surface area contributed by atoms with E-state index in [1.807, 2.05) is 0 Å². The summed E-state index contributed by atoms with van der Waals surface area (Å²) < 4.78 is 13.2. The van der Waals surface area contributed by atoms with E-state index in [1.165, 1.54) is 6.07 Å². The first-order valence-electron chi connectivity index (χ1n) is 4.22. The maximum absolute atomic E-state index is 13.2. The van der Waals surface area contributed by atoms with Gasteiger partial charge in [-0.1, -0.05) is 23.7 Å². The number of aryl methyl sites for hydroxylation is 1. The minimum absolute atomic E-state index is 0.142. The quantitative estimate of drug-likeness (QED) is 0.799. The molecule has 0 radical (unpaired) electrons. The Balaban J connectivity index is 2.71. The first-order chi connectivity index (χ1) is 6.11. The molecular weight excluding hydrogens is 191 g/mol. The van der Waals surface area contributed by atoms with Gasteiger partial charge in [0.25, 0.3) is 0 Å². The third kappa shape index (κ3) is 2.98. The Morgan fingerprint density at radius 1 is 1.54 bits per heavy atom. The molecule has 0 saturated heterocycles. The Hall–Kier alpha value is -0.600. The average molecular weight is 203 g/mol. The molecule has 0 aromatic heterocycles. The summed E-state index contributed by atoms with van der Waals surface area (Å²) in [4.78, 5) is 0. The lowest BCUT2D eigenvalue weighted by Crippen LogP contribution is -2.02. The molecule has 0 heterocycles. The van der Waals surface area contributed by atoms with Crippen molar-refractivity contribution in [2.24, 2.45) is 0 Å². The van der Waals surface area contributed by atoms with Gasteiger partial charge in [0.05, 0.1) is 11.1 Å². The predicted molar refractivity (Wildman–Crippen MR) is 51.4 cm³/mol. The monoisotopic (exact) mass is 202 g/mol. The summed E-state index contributed by atoms with van der Waals surface area (Å²) in [5, 5.41) is 9.16. The van der Waals surface area contributed by atoms with Gasteiger partial charge in [-0.05, 0) is 31.4 Å². The molecule has 0 unspecified atom stereocenters. The molecule has 1 atom stereocenters. The zero-order valence-electron chi connectivity index (χ0n) is 7.43. The molecule has 0 amide bonds. The van der Waals surface area contributed by atoms with E-state index in [0.717, 1.165) is 0 Å². The highest BCUT2D eigenvalue weighted by Crippen LogP contribution is 2.19. The Morgan fingerprint density at radius 3 is 2.85 bits per heavy atom. The summed E-state index contributed by atoms with van der Waals surface area (Å²) in [5.74, 6) is -0.371. The second-order valence-corrected chi connectivity index (χ2v) is 3.51. The smallest absolute Gasteiger partial charge is 0.144 e. The third-order valence-electron chi connectivity index (χ3n) is 1.86. The van der Waals surface area contributed by atoms with Gasteiger partial charge in [0.2, 0.25) is 0 Å². The molecule has 0 spiro atoms. The molecule has 1 N–H and O–H groups in total. The van der Waals surface area contributed by atoms with Crippen molar-refractivity contribution >= 4 is 11.6 Å². The molecule has 1 aromatic rings. The molecule has 72 valence electrons. The van der Waals surface area contributed by atoms with Crippen LogP contribution in [-0.4, -0.2) is 11.2 Å². The summed E-state index contributed by atoms with van der Waals surface area (Å²) in [5.41, 5.74) is 0.563. The van der Waals surface area contributed by atoms with Crippen LogP contribution in [-0.2, 0) is 6.42 Å². The van der Waals surface area contributed by atoms with E-state index in [-0.39, 0.29) is 10.8 Å². The number of aliphatic hydroxyl groups is 1. The van der Waals surface area contributed by atoms with Crippen LogP contribution in [0, 0.1) is 5.82 Å². The van der Waals surface area contributed by atoms with Gasteiger partial charge in [-0.25, -0.2) is 4.39 Å². The Labute approximate surface area is 82.2 Å². The van der Waals surface area contributed by atoms with Crippen LogP contribution in [0.3, 0.4) is 0 Å². The molecule has 1 aromatic carbocycles. The topological polar surface area (TPSA) is 20.2 Å². The molecule has 0 bridgehead atoms. The largest absolute Gasteiger partial charge is 0.393 e. The van der Waals surface area contributed by atoms with Crippen molar-refractivity contribution in [1.82, 2.24) is 0 Å². The van der Waals surface area contributed by atoms with Crippen molar-refractivity contribution in [3.05, 3.63) is 34.6 Å². The van der Waals surface area contributed by atoms with Crippen molar-refractivity contribution in [1.29, 1.82) is 0 Å². The molecule has 3 heteroatoms. The van der Waals surface area contributed by atoms with Crippen LogP contribution >= 0.6 is 11.6 Å². The lowest BCUT2D eigenvalue weighted by molar-refractivity contribution is 0.184. The first-order valence-corrected chi connectivity index (χ1v) is 4.60. The summed E-state index contributed by atoms with van der Waals surface area (Å²) in [7, 11) is 0. The number of aliphatic hydroxyl groups excluding tert-OH is 1. The Morgan fingerprint density at radius 2 is 2.23 bits per heavy atom. The van der Waals surface area contributed by atoms with Crippen LogP contribution in [0.15, 0.2) is 18.2 Å². The van der Waals surface area contributed by atoms with E-state index >= 15 is 0 Å². The van der Waals surface area contributed by atoms with Crippen molar-refractivity contribution in [2.75, 3.05) is 0 Å². The summed E-state index contributed by atoms with van der Waals surface area (Å²) in [6.07, 6.45) is 0.666. The Bertz CT molecular complexity index is 286. The molecule has 13 heavy (non-hydrogen) atoms. The van der Waals surface area contributed by atoms with Gasteiger partial charge in [-0.3, -0.25) is 0 Å². The van der Waals surface area contributed by atoms with Gasteiger partial charge in [0.15, 0.2) is 0 Å². The SMILES string of the molecule is C[C@H](O)CCc1cccc(Cl)c1F. The van der Waals surface area contributed by atoms with Gasteiger partial charge < -0.3 is 5.11 Å². The number of rotatable bonds is 3. The standard InChI is InChI=1S/C10H12ClFO/c1-7(13)5-6-8-3-2-4-9(11)10(8)12/h2-4,7,13H,5-6H2,1H3/t7-/m0/s1. The van der Waals surface area contributed by atoms with E-state index in [0.29, 0.717) is 18.4 Å². The van der Waals surface area contributed by atoms with Crippen LogP contribution in [0.1, 0.15) is 18.9 Å². The molecule has 0 fully saturated rings. The van der Waals surface area contributed by atoms with E-state index in [9.17, 15) is 4.39 Å². The van der Waals surface area contributed by atoms with Crippen LogP contribution in [0.25, 0.3) is 0 Å². The lowest BCUT2D eigenvalue weighted by Gasteiger charge is -2.05. The minimum Gasteiger partial charge on any atom is -0.393 e. The second kappa shape index (κ2) is 4.58. The fraction of sp³-hybridized carbons (Fsp3) is 0.400. The number of halogens is 2. The average Bonchev–Trinajstić information content (AvgIpc) is 2.07. The van der Waals surface area contributed by atoms with Crippen molar-refractivity contribution in [3.8, 4) is 0 Å². The molecule has 0 aliphatic rings. The summed E-state index contributed by atoms with van der Waals surface area (Å²) >= 11 is 5.59. The van der Waals surface area contributed by atoms with Gasteiger partial charge in [-0.2, -0.15) is 0 Å². The highest BCUT2D eigenvalue weighted by molar-refractivity contribution is 6.30. The summed E-state index contributed by atoms with van der Waals surface area (Å²) in [6, 6.07) is 4.91. The van der Waals surface area contributed by atoms with Gasteiger partial charge in [0.1, 0.15) is 5.82 Å². The summed E-state index contributed by atoms with van der Waals surface area (Å²) in [6.45, 7) is 1.68. The number of benzene rings is 1. The van der Waals surface area contributed by atoms with Gasteiger partial charge in [0, 0.05) is 0 Å². The van der Waals surface area contributed by atoms with Gasteiger partial charge >= 0.3 is 0 Å². The fourth-order valence-corrected chi connectivity index (χ4v) is 1.30. The number of hydrogen-bond donors (Lipinski definition) is 1. The maximum atomic E-state index is 13.2. The van der Waals surface area contributed by atoms with Gasteiger partial charge in [-0.15, -0.1) is 0 Å². The van der Waals surface area contributed by atoms with Crippen molar-refractivity contribution in [2.45, 2.75) is 25.9 Å². The second-order valence-electron chi connectivity index (χ2n) is 3.10. The highest BCUT2D eigenvalue weighted by Gasteiger charge is 2.06. The van der Waals surface area contributed by atoms with Crippen molar-refractivity contribution < 1.29 is 9.50 Å². The van der Waals surface area contributed by atoms with E-state index in [2.05, 4.69) is 0 Å². The lowest BCUT2D eigenvalue weighted by atomic mass is 10.1. The van der Waals surface area contributed by atoms with Crippen LogP contribution in [0.2, 0.25) is 5.02 Å². The molecule has 0 aliphatic carbocycles. The van der Waals surface area contributed by atoms with Crippen LogP contribution in [0.4, 0.5) is 4.39 Å². The predicted octanol–water partition coefficient (Wildman–Crippen LogP) is 2.79. The molecule has 1 nitrogen and oxygen atoms in total. The molecular formula is C10H12ClFO. The molecule has 0 saturated carbocycles. The highest BCUT2D eigenvalue weighted by atomic mass is 35.5. The van der Waals surface area contributed by atoms with Crippen LogP contribution < -0.4 is 0 Å². The minimum atomic E-state index is -0.404. The van der Waals surface area contributed by atoms with E-state index < -0.39 is 6.10 Å². The van der Waals surface area contributed by atoms with E-state index in [1.54, 1.807) is 19.1 Å². The van der Waals surface area contributed by atoms with Crippen molar-refractivity contribution in [3.63, 3.8) is 0 Å². The number of hydrogen-bond acceptors (Lipinski definition) is 1.